The molecule has 0 aliphatic carbocycles. The molecule has 8 heteroatoms. The van der Waals surface area contributed by atoms with E-state index in [-0.39, 0.29) is 27.4 Å². The first-order valence-corrected chi connectivity index (χ1v) is 6.68. The highest BCUT2D eigenvalue weighted by Gasteiger charge is 2.08. The van der Waals surface area contributed by atoms with Crippen LogP contribution in [0, 0.1) is 4.77 Å². The number of H-pyrrole nitrogens is 3. The van der Waals surface area contributed by atoms with Crippen LogP contribution < -0.4 is 11.1 Å². The summed E-state index contributed by atoms with van der Waals surface area (Å²) in [4.78, 5) is 35.1. The van der Waals surface area contributed by atoms with E-state index in [1.54, 1.807) is 24.3 Å². The van der Waals surface area contributed by atoms with Crippen LogP contribution in [0.25, 0.3) is 23.0 Å². The molecule has 2 aromatic heterocycles. The Morgan fingerprint density at radius 1 is 1.09 bits per heavy atom. The monoisotopic (exact) mass is 314 g/mol. The van der Waals surface area contributed by atoms with Gasteiger partial charge in [0, 0.05) is 11.6 Å². The van der Waals surface area contributed by atoms with E-state index in [4.69, 9.17) is 12.2 Å². The lowest BCUT2D eigenvalue weighted by atomic mass is 10.1. The van der Waals surface area contributed by atoms with Gasteiger partial charge in [-0.3, -0.25) is 14.6 Å². The maximum Gasteiger partial charge on any atom is 0.277 e. The molecule has 0 bridgehead atoms. The molecule has 0 unspecified atom stereocenters. The Morgan fingerprint density at radius 3 is 2.55 bits per heavy atom. The first-order chi connectivity index (χ1) is 10.5. The summed E-state index contributed by atoms with van der Waals surface area (Å²) in [5.41, 5.74) is -0.486. The molecule has 0 aliphatic rings. The summed E-state index contributed by atoms with van der Waals surface area (Å²) in [6.45, 7) is 0. The van der Waals surface area contributed by atoms with Crippen molar-refractivity contribution >= 4 is 35.2 Å². The Kier molecular flexibility index (Phi) is 3.43. The van der Waals surface area contributed by atoms with Crippen molar-refractivity contribution in [1.29, 1.82) is 0 Å². The molecule has 1 aromatic carbocycles. The maximum absolute atomic E-state index is 12.0. The fourth-order valence-corrected chi connectivity index (χ4v) is 2.13. The van der Waals surface area contributed by atoms with Gasteiger partial charge in [0.15, 0.2) is 15.9 Å². The molecular weight excluding hydrogens is 304 g/mol. The number of hydrogen-bond acceptors (Lipinski definition) is 5. The highest BCUT2D eigenvalue weighted by molar-refractivity contribution is 7.71. The molecule has 0 radical (unpaired) electrons. The van der Waals surface area contributed by atoms with Crippen LogP contribution in [0.2, 0.25) is 0 Å². The smallest absolute Gasteiger partial charge is 0.277 e. The summed E-state index contributed by atoms with van der Waals surface area (Å²) in [6, 6.07) is 8.71. The van der Waals surface area contributed by atoms with Crippen molar-refractivity contribution in [2.45, 2.75) is 0 Å². The number of hydrogen-bond donors (Lipinski definition) is 4. The van der Waals surface area contributed by atoms with Gasteiger partial charge in [-0.05, 0) is 12.2 Å². The fourth-order valence-electron chi connectivity index (χ4n) is 1.94. The zero-order chi connectivity index (χ0) is 15.7. The minimum atomic E-state index is -0.592. The molecule has 2 heterocycles. The van der Waals surface area contributed by atoms with Crippen molar-refractivity contribution in [2.75, 3.05) is 0 Å². The van der Waals surface area contributed by atoms with E-state index in [9.17, 15) is 14.7 Å². The van der Waals surface area contributed by atoms with E-state index in [2.05, 4.69) is 19.9 Å². The van der Waals surface area contributed by atoms with Crippen LogP contribution in [0.1, 0.15) is 11.3 Å². The highest BCUT2D eigenvalue weighted by Crippen LogP contribution is 2.12. The van der Waals surface area contributed by atoms with Crippen LogP contribution in [0.15, 0.2) is 39.9 Å². The maximum atomic E-state index is 12.0. The van der Waals surface area contributed by atoms with E-state index in [1.165, 1.54) is 6.08 Å². The van der Waals surface area contributed by atoms with E-state index in [0.717, 1.165) is 0 Å². The number of benzene rings is 1. The van der Waals surface area contributed by atoms with Crippen molar-refractivity contribution in [3.8, 4) is 0 Å². The molecule has 0 spiro atoms. The molecule has 7 nitrogen and oxygen atoms in total. The lowest BCUT2D eigenvalue weighted by molar-refractivity contribution is 0.515. The Labute approximate surface area is 128 Å². The Bertz CT molecular complexity index is 1050. The molecule has 0 saturated carbocycles. The zero-order valence-corrected chi connectivity index (χ0v) is 11.9. The van der Waals surface area contributed by atoms with Gasteiger partial charge in [0.05, 0.1) is 0 Å². The van der Waals surface area contributed by atoms with Gasteiger partial charge in [-0.1, -0.05) is 30.3 Å². The summed E-state index contributed by atoms with van der Waals surface area (Å²) in [5, 5.41) is 10.0. The molecule has 0 fully saturated rings. The van der Waals surface area contributed by atoms with Crippen molar-refractivity contribution in [3.05, 3.63) is 67.1 Å². The van der Waals surface area contributed by atoms with Gasteiger partial charge in [-0.15, -0.1) is 0 Å². The molecule has 0 amide bonds. The van der Waals surface area contributed by atoms with Crippen LogP contribution in [0.5, 0.6) is 0 Å². The van der Waals surface area contributed by atoms with Gasteiger partial charge < -0.3 is 15.1 Å². The minimum Gasteiger partial charge on any atom is -0.507 e. The molecule has 0 atom stereocenters. The number of aromatic nitrogens is 4. The second-order valence-electron chi connectivity index (χ2n) is 4.48. The number of aromatic amines is 3. The average Bonchev–Trinajstić information content (AvgIpc) is 2.50. The SMILES string of the molecule is O=c1[nH]c2c(=O)[nH]c(=S)[nH]c2nc1C=C(O)c1ccccc1. The number of nitrogens with zero attached hydrogens (tertiary/aromatic N) is 1. The zero-order valence-electron chi connectivity index (χ0n) is 11.1. The van der Waals surface area contributed by atoms with Gasteiger partial charge >= 0.3 is 0 Å². The van der Waals surface area contributed by atoms with Gasteiger partial charge in [-0.25, -0.2) is 4.98 Å². The first kappa shape index (κ1) is 14.0. The second-order valence-corrected chi connectivity index (χ2v) is 4.89. The lowest BCUT2D eigenvalue weighted by Gasteiger charge is -2.01. The fraction of sp³-hybridized carbons (Fsp3) is 0. The molecule has 3 rings (SSSR count). The molecular formula is C14H10N4O3S. The predicted molar refractivity (Wildman–Crippen MR) is 85.1 cm³/mol. The van der Waals surface area contributed by atoms with E-state index in [0.29, 0.717) is 5.56 Å². The summed E-state index contributed by atoms with van der Waals surface area (Å²) in [5.74, 6) is -0.110. The van der Waals surface area contributed by atoms with Crippen molar-refractivity contribution in [2.24, 2.45) is 0 Å². The molecule has 0 aliphatic heterocycles. The van der Waals surface area contributed by atoms with E-state index < -0.39 is 11.1 Å². The molecule has 22 heavy (non-hydrogen) atoms. The number of rotatable bonds is 2. The topological polar surface area (TPSA) is 115 Å². The number of nitrogens with one attached hydrogen (secondary N) is 3. The first-order valence-electron chi connectivity index (χ1n) is 6.27. The summed E-state index contributed by atoms with van der Waals surface area (Å²) in [7, 11) is 0. The third kappa shape index (κ3) is 2.59. The van der Waals surface area contributed by atoms with Gasteiger partial charge in [0.1, 0.15) is 11.5 Å². The predicted octanol–water partition coefficient (Wildman–Crippen LogP) is 1.73. The molecule has 110 valence electrons. The van der Waals surface area contributed by atoms with Crippen molar-refractivity contribution in [1.82, 2.24) is 19.9 Å². The summed E-state index contributed by atoms with van der Waals surface area (Å²) in [6.07, 6.45) is 1.23. The third-order valence-electron chi connectivity index (χ3n) is 2.97. The quantitative estimate of drug-likeness (QED) is 0.425. The molecule has 3 aromatic rings. The third-order valence-corrected chi connectivity index (χ3v) is 3.17. The second kappa shape index (κ2) is 5.41. The van der Waals surface area contributed by atoms with E-state index >= 15 is 0 Å². The number of aliphatic hydroxyl groups excluding tert-OH is 1. The van der Waals surface area contributed by atoms with Crippen molar-refractivity contribution < 1.29 is 5.11 Å². The Morgan fingerprint density at radius 2 is 1.82 bits per heavy atom. The van der Waals surface area contributed by atoms with Crippen molar-refractivity contribution in [3.63, 3.8) is 0 Å². The molecule has 0 saturated heterocycles. The average molecular weight is 314 g/mol. The molecule has 4 N–H and O–H groups in total. The van der Waals surface area contributed by atoms with Crippen LogP contribution in [-0.2, 0) is 0 Å². The van der Waals surface area contributed by atoms with E-state index in [1.807, 2.05) is 6.07 Å². The van der Waals surface area contributed by atoms with Crippen LogP contribution in [0.4, 0.5) is 0 Å². The lowest BCUT2D eigenvalue weighted by Crippen LogP contribution is -2.19. The minimum absolute atomic E-state index is 0.00468. The summed E-state index contributed by atoms with van der Waals surface area (Å²) >= 11 is 4.86. The largest absolute Gasteiger partial charge is 0.507 e. The van der Waals surface area contributed by atoms with Crippen LogP contribution in [0.3, 0.4) is 0 Å². The van der Waals surface area contributed by atoms with Crippen LogP contribution >= 0.6 is 12.2 Å². The van der Waals surface area contributed by atoms with Gasteiger partial charge in [0.2, 0.25) is 0 Å². The van der Waals surface area contributed by atoms with Crippen LogP contribution in [-0.4, -0.2) is 25.0 Å². The van der Waals surface area contributed by atoms with Gasteiger partial charge in [-0.2, -0.15) is 0 Å². The number of aliphatic hydroxyl groups is 1. The standard InChI is InChI=1S/C14H10N4O3S/c19-9(7-4-2-1-3-5-7)6-8-12(20)16-10-11(15-8)17-14(22)18-13(10)21/h1-6,19H,(H,16,20)(H2,15,17,18,21,22). The van der Waals surface area contributed by atoms with Gasteiger partial charge in [0.25, 0.3) is 11.1 Å². The highest BCUT2D eigenvalue weighted by atomic mass is 32.1. The Hall–Kier alpha value is -3.00. The Balaban J connectivity index is 2.20. The number of fused-ring (bicyclic) bond motifs is 1. The normalized spacial score (nSPS) is 11.7. The summed E-state index contributed by atoms with van der Waals surface area (Å²) < 4.78 is 0.0965.